The second kappa shape index (κ2) is 7.81. The topological polar surface area (TPSA) is 69.0 Å². The fraction of sp³-hybridized carbons (Fsp3) is 0.750. The molecule has 0 aromatic carbocycles. The molecule has 0 spiro atoms. The maximum Gasteiger partial charge on any atom is 0.252 e. The smallest absolute Gasteiger partial charge is 0.252 e. The highest BCUT2D eigenvalue weighted by molar-refractivity contribution is 5.89. The Balaban J connectivity index is 2.26. The van der Waals surface area contributed by atoms with E-state index in [-0.39, 0.29) is 12.5 Å². The van der Waals surface area contributed by atoms with Crippen molar-refractivity contribution in [3.05, 3.63) is 5.82 Å². The normalized spacial score (nSPS) is 10.6. The molecule has 1 aromatic heterocycles. The van der Waals surface area contributed by atoms with Gasteiger partial charge in [0, 0.05) is 20.1 Å². The fourth-order valence-electron chi connectivity index (χ4n) is 1.56. The van der Waals surface area contributed by atoms with Crippen molar-refractivity contribution in [3.8, 4) is 0 Å². The number of carbonyl (C=O) groups excluding carboxylic acids is 1. The Kier molecular flexibility index (Phi) is 6.35. The third-order valence-electron chi connectivity index (χ3n) is 2.55. The van der Waals surface area contributed by atoms with E-state index in [9.17, 15) is 4.79 Å². The minimum atomic E-state index is -0.209. The first-order valence-electron chi connectivity index (χ1n) is 6.44. The van der Waals surface area contributed by atoms with Crippen molar-refractivity contribution in [2.45, 2.75) is 39.5 Å². The van der Waals surface area contributed by atoms with Crippen molar-refractivity contribution in [1.82, 2.24) is 14.8 Å². The van der Waals surface area contributed by atoms with E-state index >= 15 is 0 Å². The van der Waals surface area contributed by atoms with Crippen LogP contribution in [0.15, 0.2) is 0 Å². The number of amides is 1. The molecule has 6 nitrogen and oxygen atoms in total. The van der Waals surface area contributed by atoms with Crippen molar-refractivity contribution in [2.24, 2.45) is 7.05 Å². The summed E-state index contributed by atoms with van der Waals surface area (Å²) >= 11 is 0. The SMILES string of the molecule is CCCCCOCC(=O)Nc1nc(CC)n(C)n1. The van der Waals surface area contributed by atoms with Crippen LogP contribution in [0, 0.1) is 0 Å². The zero-order valence-electron chi connectivity index (χ0n) is 11.4. The first-order valence-corrected chi connectivity index (χ1v) is 6.44. The molecule has 0 saturated heterocycles. The largest absolute Gasteiger partial charge is 0.372 e. The second-order valence-corrected chi connectivity index (χ2v) is 4.14. The van der Waals surface area contributed by atoms with E-state index in [4.69, 9.17) is 4.74 Å². The molecule has 0 bridgehead atoms. The van der Waals surface area contributed by atoms with Crippen LogP contribution in [0.25, 0.3) is 0 Å². The van der Waals surface area contributed by atoms with Crippen LogP contribution >= 0.6 is 0 Å². The van der Waals surface area contributed by atoms with Crippen LogP contribution in [0.3, 0.4) is 0 Å². The molecule has 1 aromatic rings. The molecule has 0 aliphatic rings. The number of unbranched alkanes of at least 4 members (excludes halogenated alkanes) is 2. The van der Waals surface area contributed by atoms with Crippen LogP contribution < -0.4 is 5.32 Å². The third-order valence-corrected chi connectivity index (χ3v) is 2.55. The standard InChI is InChI=1S/C12H22N4O2/c1-4-6-7-8-18-9-11(17)14-12-13-10(5-2)16(3)15-12/h4-9H2,1-3H3,(H,14,15,17). The number of anilines is 1. The summed E-state index contributed by atoms with van der Waals surface area (Å²) in [5, 5.41) is 6.72. The highest BCUT2D eigenvalue weighted by Gasteiger charge is 2.08. The second-order valence-electron chi connectivity index (χ2n) is 4.14. The van der Waals surface area contributed by atoms with Gasteiger partial charge in [0.15, 0.2) is 0 Å². The van der Waals surface area contributed by atoms with Crippen LogP contribution in [-0.4, -0.2) is 33.9 Å². The average molecular weight is 254 g/mol. The van der Waals surface area contributed by atoms with Gasteiger partial charge < -0.3 is 4.74 Å². The Bertz CT molecular complexity index is 376. The fourth-order valence-corrected chi connectivity index (χ4v) is 1.56. The molecular formula is C12H22N4O2. The van der Waals surface area contributed by atoms with Gasteiger partial charge >= 0.3 is 0 Å². The Labute approximate surface area is 108 Å². The van der Waals surface area contributed by atoms with Crippen LogP contribution in [0.2, 0.25) is 0 Å². The minimum absolute atomic E-state index is 0.0590. The van der Waals surface area contributed by atoms with Crippen LogP contribution in [-0.2, 0) is 23.0 Å². The van der Waals surface area contributed by atoms with Gasteiger partial charge in [0.05, 0.1) is 0 Å². The summed E-state index contributed by atoms with van der Waals surface area (Å²) in [5.74, 6) is 0.977. The molecule has 0 aliphatic heterocycles. The van der Waals surface area contributed by atoms with Gasteiger partial charge in [0.25, 0.3) is 5.91 Å². The lowest BCUT2D eigenvalue weighted by Gasteiger charge is -2.02. The first-order chi connectivity index (χ1) is 8.67. The maximum atomic E-state index is 11.5. The van der Waals surface area contributed by atoms with Crippen LogP contribution in [0.5, 0.6) is 0 Å². The van der Waals surface area contributed by atoms with Gasteiger partial charge in [-0.05, 0) is 6.42 Å². The summed E-state index contributed by atoms with van der Waals surface area (Å²) in [5.41, 5.74) is 0. The highest BCUT2D eigenvalue weighted by atomic mass is 16.5. The van der Waals surface area contributed by atoms with Gasteiger partial charge in [-0.2, -0.15) is 4.98 Å². The number of hydrogen-bond acceptors (Lipinski definition) is 4. The summed E-state index contributed by atoms with van der Waals surface area (Å²) < 4.78 is 6.92. The Morgan fingerprint density at radius 1 is 1.39 bits per heavy atom. The number of nitrogens with zero attached hydrogens (tertiary/aromatic N) is 3. The lowest BCUT2D eigenvalue weighted by Crippen LogP contribution is -2.19. The van der Waals surface area contributed by atoms with Crippen molar-refractivity contribution in [2.75, 3.05) is 18.5 Å². The van der Waals surface area contributed by atoms with Gasteiger partial charge in [0.1, 0.15) is 12.4 Å². The van der Waals surface area contributed by atoms with Crippen molar-refractivity contribution in [3.63, 3.8) is 0 Å². The molecule has 1 N–H and O–H groups in total. The molecule has 0 radical (unpaired) electrons. The molecule has 0 unspecified atom stereocenters. The minimum Gasteiger partial charge on any atom is -0.372 e. The zero-order valence-corrected chi connectivity index (χ0v) is 11.4. The quantitative estimate of drug-likeness (QED) is 0.714. The van der Waals surface area contributed by atoms with E-state index in [1.54, 1.807) is 4.68 Å². The molecule has 0 atom stereocenters. The molecule has 6 heteroatoms. The van der Waals surface area contributed by atoms with E-state index in [0.29, 0.717) is 12.6 Å². The number of ether oxygens (including phenoxy) is 1. The van der Waals surface area contributed by atoms with Gasteiger partial charge in [-0.15, -0.1) is 5.10 Å². The molecule has 1 rings (SSSR count). The molecule has 18 heavy (non-hydrogen) atoms. The van der Waals surface area contributed by atoms with E-state index < -0.39 is 0 Å². The van der Waals surface area contributed by atoms with Gasteiger partial charge in [-0.1, -0.05) is 26.7 Å². The molecular weight excluding hydrogens is 232 g/mol. The number of aromatic nitrogens is 3. The zero-order chi connectivity index (χ0) is 13.4. The Hall–Kier alpha value is -1.43. The highest BCUT2D eigenvalue weighted by Crippen LogP contribution is 2.02. The van der Waals surface area contributed by atoms with Gasteiger partial charge in [0.2, 0.25) is 5.95 Å². The maximum absolute atomic E-state index is 11.5. The molecule has 1 heterocycles. The molecule has 0 fully saturated rings. The number of nitrogens with one attached hydrogen (secondary N) is 1. The molecule has 0 saturated carbocycles. The number of aryl methyl sites for hydroxylation is 2. The molecule has 1 amide bonds. The van der Waals surface area contributed by atoms with Gasteiger partial charge in [-0.3, -0.25) is 14.8 Å². The monoisotopic (exact) mass is 254 g/mol. The van der Waals surface area contributed by atoms with E-state index in [1.807, 2.05) is 14.0 Å². The van der Waals surface area contributed by atoms with E-state index in [1.165, 1.54) is 0 Å². The Morgan fingerprint density at radius 3 is 2.78 bits per heavy atom. The first kappa shape index (κ1) is 14.6. The predicted molar refractivity (Wildman–Crippen MR) is 69.4 cm³/mol. The number of carbonyl (C=O) groups is 1. The molecule has 102 valence electrons. The van der Waals surface area contributed by atoms with Crippen LogP contribution in [0.4, 0.5) is 5.95 Å². The Morgan fingerprint density at radius 2 is 2.17 bits per heavy atom. The van der Waals surface area contributed by atoms with Crippen LogP contribution in [0.1, 0.15) is 38.9 Å². The predicted octanol–water partition coefficient (Wildman–Crippen LogP) is 1.52. The van der Waals surface area contributed by atoms with E-state index in [0.717, 1.165) is 31.5 Å². The van der Waals surface area contributed by atoms with E-state index in [2.05, 4.69) is 22.3 Å². The lowest BCUT2D eigenvalue weighted by molar-refractivity contribution is -0.120. The summed E-state index contributed by atoms with van der Waals surface area (Å²) in [6, 6.07) is 0. The number of rotatable bonds is 8. The summed E-state index contributed by atoms with van der Waals surface area (Å²) in [6.07, 6.45) is 4.05. The summed E-state index contributed by atoms with van der Waals surface area (Å²) in [6.45, 7) is 4.80. The van der Waals surface area contributed by atoms with Gasteiger partial charge in [-0.25, -0.2) is 0 Å². The number of hydrogen-bond donors (Lipinski definition) is 1. The van der Waals surface area contributed by atoms with Crippen molar-refractivity contribution < 1.29 is 9.53 Å². The summed E-state index contributed by atoms with van der Waals surface area (Å²) in [4.78, 5) is 15.7. The summed E-state index contributed by atoms with van der Waals surface area (Å²) in [7, 11) is 1.81. The third kappa shape index (κ3) is 4.83. The van der Waals surface area contributed by atoms with Crippen molar-refractivity contribution in [1.29, 1.82) is 0 Å². The van der Waals surface area contributed by atoms with Crippen molar-refractivity contribution >= 4 is 11.9 Å². The lowest BCUT2D eigenvalue weighted by atomic mass is 10.3. The average Bonchev–Trinajstić information content (AvgIpc) is 2.69. The molecule has 0 aliphatic carbocycles.